The van der Waals surface area contributed by atoms with Gasteiger partial charge in [0.05, 0.1) is 19.2 Å². The van der Waals surface area contributed by atoms with Crippen molar-refractivity contribution in [3.63, 3.8) is 0 Å². The van der Waals surface area contributed by atoms with Crippen molar-refractivity contribution in [3.05, 3.63) is 95.8 Å². The van der Waals surface area contributed by atoms with Crippen molar-refractivity contribution in [3.8, 4) is 5.75 Å². The Labute approximate surface area is 784 Å². The highest BCUT2D eigenvalue weighted by molar-refractivity contribution is 6.00. The lowest BCUT2D eigenvalue weighted by Crippen LogP contribution is -2.61. The zero-order valence-corrected chi connectivity index (χ0v) is 77.4. The lowest BCUT2D eigenvalue weighted by atomic mass is 9.95. The molecule has 3 rings (SSSR count). The molecule has 0 aliphatic rings. The van der Waals surface area contributed by atoms with Gasteiger partial charge in [-0.3, -0.25) is 93.1 Å². The van der Waals surface area contributed by atoms with E-state index in [0.29, 0.717) is 42.4 Å². The second kappa shape index (κ2) is 63.6. The minimum Gasteiger partial charge on any atom is -0.508 e. The van der Waals surface area contributed by atoms with E-state index in [1.54, 1.807) is 68.7 Å². The van der Waals surface area contributed by atoms with E-state index in [4.69, 9.17) is 62.1 Å². The minimum atomic E-state index is -1.87. The summed E-state index contributed by atoms with van der Waals surface area (Å²) in [5.74, 6) is -17.5. The van der Waals surface area contributed by atoms with Crippen LogP contribution in [0.2, 0.25) is 0 Å². The predicted molar refractivity (Wildman–Crippen MR) is 500 cm³/mol. The molecular formula is C87H143N29O19. The van der Waals surface area contributed by atoms with Gasteiger partial charge in [-0.1, -0.05) is 82.6 Å². The molecule has 2 aromatic carbocycles. The molecule has 48 nitrogen and oxygen atoms in total. The van der Waals surface area contributed by atoms with E-state index in [1.807, 2.05) is 13.8 Å². The number of phenols is 1. The number of carbonyl (C=O) groups excluding carboxylic acids is 15. The molecule has 15 amide bonds. The van der Waals surface area contributed by atoms with Crippen molar-refractivity contribution in [2.24, 2.45) is 57.7 Å². The molecule has 135 heavy (non-hydrogen) atoms. The number of aliphatic hydroxyl groups excluding tert-OH is 1. The highest BCUT2D eigenvalue weighted by atomic mass is 16.4. The van der Waals surface area contributed by atoms with Crippen LogP contribution in [0.15, 0.2) is 79.1 Å². The fourth-order valence-corrected chi connectivity index (χ4v) is 13.7. The number of hydrogen-bond acceptors (Lipinski definition) is 26. The summed E-state index contributed by atoms with van der Waals surface area (Å²) in [4.78, 5) is 229. The second-order valence-electron chi connectivity index (χ2n) is 33.2. The first-order valence-corrected chi connectivity index (χ1v) is 45.3. The molecule has 1 heterocycles. The Hall–Kier alpha value is -13.5. The smallest absolute Gasteiger partial charge is 0.326 e. The number of carboxylic acid groups (broad SMARTS) is 1. The first-order valence-electron chi connectivity index (χ1n) is 45.3. The summed E-state index contributed by atoms with van der Waals surface area (Å²) in [6.45, 7) is 6.90. The number of amides is 15. The third kappa shape index (κ3) is 46.6. The van der Waals surface area contributed by atoms with E-state index < -0.39 is 223 Å². The third-order valence-corrected chi connectivity index (χ3v) is 21.5. The van der Waals surface area contributed by atoms with E-state index >= 15 is 0 Å². The molecule has 0 aliphatic heterocycles. The minimum absolute atomic E-state index is 0.00730. The van der Waals surface area contributed by atoms with Crippen molar-refractivity contribution >= 4 is 112 Å². The van der Waals surface area contributed by atoms with Gasteiger partial charge in [0.15, 0.2) is 17.9 Å². The number of benzene rings is 2. The van der Waals surface area contributed by atoms with Crippen molar-refractivity contribution < 1.29 is 92.0 Å². The number of aliphatic hydroxyl groups is 1. The van der Waals surface area contributed by atoms with Gasteiger partial charge in [-0.15, -0.1) is 0 Å². The number of nitrogens with two attached hydrogens (primary N) is 8. The molecule has 15 atom stereocenters. The number of rotatable bonds is 67. The van der Waals surface area contributed by atoms with E-state index in [-0.39, 0.29) is 160 Å². The maximum Gasteiger partial charge on any atom is 0.326 e. The van der Waals surface area contributed by atoms with Gasteiger partial charge in [0.25, 0.3) is 0 Å². The number of hydrogen-bond donors (Lipinski definition) is 31. The van der Waals surface area contributed by atoms with Crippen LogP contribution in [0, 0.1) is 28.1 Å². The van der Waals surface area contributed by atoms with Crippen LogP contribution in [-0.4, -0.2) is 270 Å². The van der Waals surface area contributed by atoms with Crippen LogP contribution in [0.3, 0.4) is 0 Å². The first kappa shape index (κ1) is 116. The Kier molecular flexibility index (Phi) is 54.5. The normalized spacial score (nSPS) is 14.4. The van der Waals surface area contributed by atoms with Crippen LogP contribution in [0.25, 0.3) is 0 Å². The van der Waals surface area contributed by atoms with Crippen LogP contribution in [0.4, 0.5) is 0 Å². The number of unbranched alkanes of at least 4 members (excludes halogenated alkanes) is 3. The average Bonchev–Trinajstić information content (AvgIpc) is 0.876. The maximum atomic E-state index is 14.8. The molecule has 3 aromatic rings. The number of guanidine groups is 3. The van der Waals surface area contributed by atoms with E-state index in [2.05, 4.69) is 95.4 Å². The summed E-state index contributed by atoms with van der Waals surface area (Å²) in [5.41, 5.74) is 47.2. The SMILES string of the molecule is CC[C@H](C)[C@H](NC(=O)[C@H](CC(C)C)NC(=O)[C@@H](N)Cc1cccnc1)C(=O)N[C@@H](Cc1ccc(O)cc1)C(=O)N[C@@H](C)C(=O)N[C@@H](CCC(N)=O)C(=O)NCC(=O)N[C@@H](Cc1ccccc1)C(=O)N[C@@H](CO)C(=O)N[C@@H](CCCCN)C(=O)N[C@@H](CCCCN)C(=O)N[C@@H](CCCNC(=N)N)C(=O)N[C@@H](CCCNC(=N)N)C(=O)N[C@@H](CCCCN)C(=O)N[C@@H](CCCNC(=N)N)C(=O)O. The summed E-state index contributed by atoms with van der Waals surface area (Å²) in [6.07, 6.45) is 3.37. The Bertz CT molecular complexity index is 4330. The number of primary amides is 1. The fraction of sp³-hybridized carbons (Fsp3) is 0.586. The van der Waals surface area contributed by atoms with Crippen molar-refractivity contribution in [1.82, 2.24) is 95.4 Å². The number of nitrogens with one attached hydrogen (secondary N) is 20. The molecule has 48 heteroatoms. The molecule has 0 radical (unpaired) electrons. The van der Waals surface area contributed by atoms with Gasteiger partial charge in [0.1, 0.15) is 84.3 Å². The molecule has 0 saturated heterocycles. The Balaban J connectivity index is 1.93. The third-order valence-electron chi connectivity index (χ3n) is 21.5. The quantitative estimate of drug-likeness (QED) is 0.0142. The number of phenolic OH excluding ortho intramolecular Hbond substituents is 1. The largest absolute Gasteiger partial charge is 0.508 e. The topological polar surface area (TPSA) is 831 Å². The highest BCUT2D eigenvalue weighted by Gasteiger charge is 2.39. The molecule has 0 fully saturated rings. The molecule has 0 spiro atoms. The van der Waals surface area contributed by atoms with Crippen molar-refractivity contribution in [2.45, 2.75) is 260 Å². The van der Waals surface area contributed by atoms with E-state index in [9.17, 15) is 92.0 Å². The summed E-state index contributed by atoms with van der Waals surface area (Å²) in [7, 11) is 0. The van der Waals surface area contributed by atoms with E-state index in [0.717, 1.165) is 0 Å². The zero-order chi connectivity index (χ0) is 101. The standard InChI is InChI=1S/C87H143N29O19/c1-6-50(4)70(116-81(131)64(42-49(2)3)113-72(122)56(91)43-54-22-16-38-99-46-54)83(133)114-66(45-53-29-31-55(118)32-30-53)79(129)104-51(5)71(121)106-62(33-34-68(92)119)73(123)103-47-69(120)105-65(44-52-20-8-7-9-21-52)80(130)115-67(48-117)82(132)111-58(24-11-14-36-89)75(125)107-57(23-10-13-35-88)74(124)109-61(27-18-40-101-86(95)96)77(127)110-60(26-17-39-100-85(93)94)76(126)108-59(25-12-15-37-90)78(128)112-63(84(134)135)28-19-41-102-87(97)98/h7-9,16,20-22,29-32,38,46,49-51,56-67,70,117-118H,6,10-15,17-19,23-28,33-37,39-45,47-48,88-91H2,1-5H3,(H2,92,119)(H,103,123)(H,104,129)(H,105,120)(H,106,121)(H,107,125)(H,108,126)(H,109,124)(H,110,127)(H,111,132)(H,112,128)(H,113,122)(H,114,133)(H,115,130)(H,116,131)(H,134,135)(H4,93,94,100)(H4,95,96,101)(H4,97,98,102)/t50-,51-,56-,57-,58-,59-,60-,61-,62-,63-,64-,65-,66-,67-,70-/m0/s1. The van der Waals surface area contributed by atoms with Crippen LogP contribution in [-0.2, 0) is 96.0 Å². The van der Waals surface area contributed by atoms with Crippen LogP contribution in [0.5, 0.6) is 5.75 Å². The number of aromatic hydroxyl groups is 1. The average molecular weight is 1900 g/mol. The number of aliphatic carboxylic acids is 1. The molecule has 0 bridgehead atoms. The second-order valence-corrected chi connectivity index (χ2v) is 33.2. The molecule has 750 valence electrons. The van der Waals surface area contributed by atoms with Crippen LogP contribution >= 0.6 is 0 Å². The molecule has 0 unspecified atom stereocenters. The molecular weight excluding hydrogens is 1760 g/mol. The monoisotopic (exact) mass is 1900 g/mol. The maximum absolute atomic E-state index is 14.8. The van der Waals surface area contributed by atoms with Gasteiger partial charge < -0.3 is 152 Å². The van der Waals surface area contributed by atoms with Crippen LogP contribution < -0.4 is 136 Å². The molecule has 0 saturated carbocycles. The summed E-state index contributed by atoms with van der Waals surface area (Å²) in [6, 6.07) is -3.36. The van der Waals surface area contributed by atoms with E-state index in [1.165, 1.54) is 31.2 Å². The predicted octanol–water partition coefficient (Wildman–Crippen LogP) is -6.81. The molecule has 0 aliphatic carbocycles. The fourth-order valence-electron chi connectivity index (χ4n) is 13.7. The number of pyridine rings is 1. The van der Waals surface area contributed by atoms with Gasteiger partial charge in [-0.05, 0) is 189 Å². The molecule has 39 N–H and O–H groups in total. The number of nitrogens with zero attached hydrogens (tertiary/aromatic N) is 1. The number of carbonyl (C=O) groups is 16. The van der Waals surface area contributed by atoms with Crippen LogP contribution in [0.1, 0.15) is 173 Å². The molecule has 1 aromatic heterocycles. The lowest BCUT2D eigenvalue weighted by molar-refractivity contribution is -0.142. The number of aromatic nitrogens is 1. The van der Waals surface area contributed by atoms with Crippen molar-refractivity contribution in [2.75, 3.05) is 52.4 Å². The van der Waals surface area contributed by atoms with Gasteiger partial charge in [-0.2, -0.15) is 0 Å². The lowest BCUT2D eigenvalue weighted by Gasteiger charge is -2.29. The first-order chi connectivity index (χ1) is 64.1. The van der Waals surface area contributed by atoms with Gasteiger partial charge in [-0.25, -0.2) is 4.79 Å². The highest BCUT2D eigenvalue weighted by Crippen LogP contribution is 2.18. The Morgan fingerprint density at radius 1 is 0.385 bits per heavy atom. The zero-order valence-electron chi connectivity index (χ0n) is 77.4. The summed E-state index contributed by atoms with van der Waals surface area (Å²) >= 11 is 0. The van der Waals surface area contributed by atoms with Gasteiger partial charge in [0.2, 0.25) is 88.6 Å². The Morgan fingerprint density at radius 2 is 0.763 bits per heavy atom. The van der Waals surface area contributed by atoms with Crippen molar-refractivity contribution in [1.29, 1.82) is 16.2 Å². The van der Waals surface area contributed by atoms with Gasteiger partial charge >= 0.3 is 5.97 Å². The Morgan fingerprint density at radius 3 is 1.19 bits per heavy atom. The van der Waals surface area contributed by atoms with Gasteiger partial charge in [0, 0.05) is 51.3 Å². The number of carboxylic acids is 1. The summed E-state index contributed by atoms with van der Waals surface area (Å²) < 4.78 is 0. The summed E-state index contributed by atoms with van der Waals surface area (Å²) in [5, 5.41) is 97.4.